The molecule has 2 aliphatic heterocycles. The molecule has 0 radical (unpaired) electrons. The fraction of sp³-hybridized carbons (Fsp3) is 0.338. The number of ether oxygens (including phenoxy) is 6. The van der Waals surface area contributed by atoms with Crippen molar-refractivity contribution in [3.05, 3.63) is 183 Å². The first-order chi connectivity index (χ1) is 43.3. The van der Waals surface area contributed by atoms with Gasteiger partial charge in [0, 0.05) is 37.3 Å². The van der Waals surface area contributed by atoms with Gasteiger partial charge in [-0.05, 0) is 79.4 Å². The number of benzene rings is 5. The minimum Gasteiger partial charge on any atom is -0.497 e. The molecular weight excluding hydrogens is 1200 g/mol. The summed E-state index contributed by atoms with van der Waals surface area (Å²) < 4.78 is 40.6. The molecule has 2 aromatic heterocycles. The van der Waals surface area contributed by atoms with Crippen LogP contribution in [0.1, 0.15) is 107 Å². The lowest BCUT2D eigenvalue weighted by atomic mass is 9.98. The molecule has 1 aliphatic carbocycles. The molecule has 5 N–H and O–H groups in total. The van der Waals surface area contributed by atoms with E-state index in [-0.39, 0.29) is 77.3 Å². The number of thiazole rings is 1. The van der Waals surface area contributed by atoms with E-state index in [1.165, 1.54) is 5.38 Å². The minimum absolute atomic E-state index is 0.0444. The van der Waals surface area contributed by atoms with Crippen LogP contribution in [-0.2, 0) is 41.9 Å². The number of hydrogen-bond acceptors (Lipinski definition) is 18. The maximum absolute atomic E-state index is 14.3. The topological polar surface area (TPSA) is 278 Å². The number of likely N-dealkylation sites (N-methyl/N-ethyl adjacent to an activating group) is 1. The molecule has 3 fully saturated rings. The number of anilines is 1. The molecule has 5 aromatic carbocycles. The van der Waals surface area contributed by atoms with Crippen molar-refractivity contribution in [2.45, 2.75) is 88.6 Å². The third kappa shape index (κ3) is 15.8. The number of aromatic nitrogens is 2. The number of carbonyl (C=O) groups excluding carboxylic acids is 6. The number of hydrogen-bond donors (Lipinski definition) is 5. The minimum atomic E-state index is -1.54. The van der Waals surface area contributed by atoms with Gasteiger partial charge in [0.05, 0.1) is 75.7 Å². The molecule has 7 aromatic rings. The van der Waals surface area contributed by atoms with Crippen molar-refractivity contribution in [2.24, 2.45) is 5.16 Å². The van der Waals surface area contributed by atoms with Crippen LogP contribution >= 0.6 is 22.9 Å². The summed E-state index contributed by atoms with van der Waals surface area (Å²) in [6.07, 6.45) is -0.365. The standard InChI is InChI=1S/C65H68ClN9O14S/c1-64(2,3)87-63(81)72-62-70-49(38-90-62)54(74-89-65(28-29-65)61(80)86-55(41-13-9-7-10-14-41)42-15-11-8-12-16-42)60(79)71-53-48(69-59(53)78)34-68-58(77)51-33-47(73-88-51)43-27-31-75(4,35-43)32-30-67-57(76)46-25-26-50(84-36-39-17-21-44(82-5)22-18-39)56(52(46)66)85-37-40-19-23-45(83-6)24-20-40/h7-26,33,38,43,48,53,55H,27-32,34-37H2,1-6H3,(H4-,67,68,69,70,71,72,76,77,78,79,81)/p+1/b74-54-/t43-,48-,53+,75?/m1/s1. The van der Waals surface area contributed by atoms with Crippen LogP contribution in [0.5, 0.6) is 23.0 Å². The molecule has 470 valence electrons. The Morgan fingerprint density at radius 3 is 2.10 bits per heavy atom. The number of halogens is 1. The van der Waals surface area contributed by atoms with Crippen molar-refractivity contribution in [2.75, 3.05) is 59.3 Å². The number of quaternary nitrogens is 1. The SMILES string of the molecule is COc1ccc(COc2ccc(C(=O)NCC[N+]3(C)CC[C@@H](c4cc(C(=O)NC[C@H]5NC(=O)[C@H]5NC(=O)/C(=N\OC5(C(=O)OC(c6ccccc6)c6ccccc6)CC5)c5csc(NC(=O)OC(C)(C)C)n5)on4)C3)c(Cl)c2OCc2ccc(OC)cc2)cc1. The lowest BCUT2D eigenvalue weighted by Crippen LogP contribution is -2.72. The zero-order valence-corrected chi connectivity index (χ0v) is 51.9. The third-order valence-electron chi connectivity index (χ3n) is 15.4. The normalized spacial score (nSPS) is 18.2. The summed E-state index contributed by atoms with van der Waals surface area (Å²) in [4.78, 5) is 91.6. The average Bonchev–Trinajstić information content (AvgIpc) is 1.59. The Kier molecular flexibility index (Phi) is 19.7. The van der Waals surface area contributed by atoms with E-state index in [4.69, 9.17) is 49.4 Å². The van der Waals surface area contributed by atoms with Crippen LogP contribution in [0.3, 0.4) is 0 Å². The van der Waals surface area contributed by atoms with Crippen LogP contribution in [0, 0.1) is 0 Å². The zero-order valence-electron chi connectivity index (χ0n) is 50.4. The van der Waals surface area contributed by atoms with Gasteiger partial charge in [-0.3, -0.25) is 24.5 Å². The Balaban J connectivity index is 0.737. The largest absolute Gasteiger partial charge is 0.497 e. The highest BCUT2D eigenvalue weighted by molar-refractivity contribution is 7.14. The number of β-lactam (4-membered cyclic amide) rings is 1. The molecule has 1 unspecified atom stereocenters. The molecule has 10 rings (SSSR count). The van der Waals surface area contributed by atoms with Crippen LogP contribution in [0.15, 0.2) is 142 Å². The fourth-order valence-electron chi connectivity index (χ4n) is 10.2. The van der Waals surface area contributed by atoms with Gasteiger partial charge in [-0.2, -0.15) is 0 Å². The lowest BCUT2D eigenvalue weighted by molar-refractivity contribution is -0.897. The summed E-state index contributed by atoms with van der Waals surface area (Å²) in [7, 11) is 5.28. The highest BCUT2D eigenvalue weighted by Gasteiger charge is 2.57. The summed E-state index contributed by atoms with van der Waals surface area (Å²) in [5, 5.41) is 23.8. The smallest absolute Gasteiger partial charge is 0.413 e. The van der Waals surface area contributed by atoms with Crippen molar-refractivity contribution in [1.29, 1.82) is 0 Å². The molecule has 25 heteroatoms. The van der Waals surface area contributed by atoms with E-state index in [2.05, 4.69) is 48.9 Å². The first-order valence-electron chi connectivity index (χ1n) is 29.1. The average molecular weight is 1270 g/mol. The molecule has 4 atom stereocenters. The second-order valence-electron chi connectivity index (χ2n) is 23.2. The van der Waals surface area contributed by atoms with E-state index < -0.39 is 64.9 Å². The van der Waals surface area contributed by atoms with Gasteiger partial charge in [-0.25, -0.2) is 14.6 Å². The van der Waals surface area contributed by atoms with Gasteiger partial charge in [0.1, 0.15) is 42.0 Å². The fourth-order valence-corrected chi connectivity index (χ4v) is 11.1. The number of methoxy groups -OCH3 is 2. The molecule has 2 saturated heterocycles. The molecule has 3 aliphatic rings. The van der Waals surface area contributed by atoms with E-state index >= 15 is 0 Å². The van der Waals surface area contributed by atoms with Gasteiger partial charge >= 0.3 is 12.1 Å². The number of oxime groups is 1. The number of nitrogens with one attached hydrogen (secondary N) is 5. The molecule has 90 heavy (non-hydrogen) atoms. The second kappa shape index (κ2) is 27.9. The molecule has 1 saturated carbocycles. The highest BCUT2D eigenvalue weighted by atomic mass is 35.5. The monoisotopic (exact) mass is 1270 g/mol. The van der Waals surface area contributed by atoms with Crippen molar-refractivity contribution in [3.8, 4) is 23.0 Å². The number of rotatable bonds is 26. The Labute approximate surface area is 528 Å². The van der Waals surface area contributed by atoms with Gasteiger partial charge in [0.15, 0.2) is 28.4 Å². The molecule has 0 bridgehead atoms. The molecule has 0 spiro atoms. The Hall–Kier alpha value is -9.52. The molecular formula is C65H69ClN9O14S+. The number of esters is 1. The van der Waals surface area contributed by atoms with Crippen LogP contribution in [0.25, 0.3) is 0 Å². The van der Waals surface area contributed by atoms with Crippen LogP contribution < -0.4 is 45.5 Å². The van der Waals surface area contributed by atoms with E-state index in [1.54, 1.807) is 53.2 Å². The predicted molar refractivity (Wildman–Crippen MR) is 332 cm³/mol. The number of nitrogens with zero attached hydrogens (tertiary/aromatic N) is 4. The quantitative estimate of drug-likeness (QED) is 0.0111. The number of likely N-dealkylation sites (tertiary alicyclic amines) is 1. The Morgan fingerprint density at radius 1 is 0.844 bits per heavy atom. The second-order valence-corrected chi connectivity index (χ2v) is 24.4. The number of carbonyl (C=O) groups is 6. The van der Waals surface area contributed by atoms with Crippen molar-refractivity contribution >= 4 is 69.5 Å². The lowest BCUT2D eigenvalue weighted by Gasteiger charge is -2.37. The molecule has 5 amide bonds. The summed E-state index contributed by atoms with van der Waals surface area (Å²) >= 11 is 7.94. The molecule has 4 heterocycles. The first-order valence-corrected chi connectivity index (χ1v) is 30.4. The van der Waals surface area contributed by atoms with Crippen LogP contribution in [-0.4, -0.2) is 133 Å². The summed E-state index contributed by atoms with van der Waals surface area (Å²) in [6.45, 7) is 7.66. The van der Waals surface area contributed by atoms with Crippen LogP contribution in [0.2, 0.25) is 5.02 Å². The van der Waals surface area contributed by atoms with E-state index in [1.807, 2.05) is 109 Å². The zero-order chi connectivity index (χ0) is 63.6. The summed E-state index contributed by atoms with van der Waals surface area (Å²) in [5.74, 6) is -1.24. The van der Waals surface area contributed by atoms with Gasteiger partial charge in [0.2, 0.25) is 17.3 Å². The van der Waals surface area contributed by atoms with E-state index in [9.17, 15) is 28.8 Å². The maximum atomic E-state index is 14.3. The summed E-state index contributed by atoms with van der Waals surface area (Å²) in [5.41, 5.74) is 1.20. The molecule has 23 nitrogen and oxygen atoms in total. The van der Waals surface area contributed by atoms with Gasteiger partial charge in [-0.15, -0.1) is 11.3 Å². The van der Waals surface area contributed by atoms with Crippen molar-refractivity contribution in [1.82, 2.24) is 31.4 Å². The van der Waals surface area contributed by atoms with Crippen molar-refractivity contribution in [3.63, 3.8) is 0 Å². The predicted octanol–water partition coefficient (Wildman–Crippen LogP) is 8.67. The van der Waals surface area contributed by atoms with Crippen LogP contribution in [0.4, 0.5) is 9.93 Å². The van der Waals surface area contributed by atoms with Crippen molar-refractivity contribution < 1.29 is 71.0 Å². The van der Waals surface area contributed by atoms with E-state index in [0.717, 1.165) is 46.6 Å². The number of amides is 5. The maximum Gasteiger partial charge on any atom is 0.413 e. The highest BCUT2D eigenvalue weighted by Crippen LogP contribution is 2.44. The van der Waals surface area contributed by atoms with Gasteiger partial charge < -0.3 is 63.5 Å². The Bertz CT molecular complexity index is 3710. The Morgan fingerprint density at radius 2 is 1.49 bits per heavy atom. The third-order valence-corrected chi connectivity index (χ3v) is 16.5. The van der Waals surface area contributed by atoms with Gasteiger partial charge in [-0.1, -0.05) is 107 Å². The first kappa shape index (κ1) is 63.5. The summed E-state index contributed by atoms with van der Waals surface area (Å²) in [6, 6.07) is 36.3. The van der Waals surface area contributed by atoms with Gasteiger partial charge in [0.25, 0.3) is 17.7 Å². The van der Waals surface area contributed by atoms with E-state index in [0.29, 0.717) is 47.1 Å².